The third kappa shape index (κ3) is 1.53. The van der Waals surface area contributed by atoms with Gasteiger partial charge in [0.15, 0.2) is 0 Å². The topological polar surface area (TPSA) is 30.9 Å². The van der Waals surface area contributed by atoms with Gasteiger partial charge in [-0.15, -0.1) is 0 Å². The molecule has 2 nitrogen and oxygen atoms in total. The number of para-hydroxylation sites is 1. The van der Waals surface area contributed by atoms with Gasteiger partial charge < -0.3 is 10.3 Å². The fraction of sp³-hybridized carbons (Fsp3) is 0.333. The molecule has 0 fully saturated rings. The van der Waals surface area contributed by atoms with E-state index in [2.05, 4.69) is 42.1 Å². The summed E-state index contributed by atoms with van der Waals surface area (Å²) in [5, 5.41) is 1.33. The molecule has 0 bridgehead atoms. The Hall–Kier alpha value is -1.28. The Morgan fingerprint density at radius 3 is 2.79 bits per heavy atom. The van der Waals surface area contributed by atoms with E-state index in [4.69, 9.17) is 5.73 Å². The van der Waals surface area contributed by atoms with E-state index in [0.717, 1.165) is 6.42 Å². The maximum Gasteiger partial charge on any atom is 0.0480 e. The van der Waals surface area contributed by atoms with Gasteiger partial charge in [0.2, 0.25) is 0 Å². The molecule has 2 rings (SSSR count). The van der Waals surface area contributed by atoms with Crippen molar-refractivity contribution >= 4 is 10.9 Å². The van der Waals surface area contributed by atoms with Crippen LogP contribution in [0.3, 0.4) is 0 Å². The van der Waals surface area contributed by atoms with Crippen molar-refractivity contribution in [3.63, 3.8) is 0 Å². The molecule has 0 spiro atoms. The molecule has 14 heavy (non-hydrogen) atoms. The Kier molecular flexibility index (Phi) is 2.30. The number of fused-ring (bicyclic) bond motifs is 1. The monoisotopic (exact) mass is 188 g/mol. The lowest BCUT2D eigenvalue weighted by Gasteiger charge is -2.02. The smallest absolute Gasteiger partial charge is 0.0480 e. The quantitative estimate of drug-likeness (QED) is 0.768. The van der Waals surface area contributed by atoms with Gasteiger partial charge >= 0.3 is 0 Å². The maximum absolute atomic E-state index is 5.82. The minimum absolute atomic E-state index is 0.223. The molecule has 2 aromatic rings. The Morgan fingerprint density at radius 1 is 1.36 bits per heavy atom. The van der Waals surface area contributed by atoms with Crippen LogP contribution in [0.4, 0.5) is 0 Å². The number of aromatic nitrogens is 1. The van der Waals surface area contributed by atoms with Gasteiger partial charge in [0.25, 0.3) is 0 Å². The number of rotatable bonds is 2. The summed E-state index contributed by atoms with van der Waals surface area (Å²) in [5.74, 6) is 0. The van der Waals surface area contributed by atoms with E-state index in [0.29, 0.717) is 0 Å². The molecule has 0 saturated heterocycles. The molecule has 1 atom stereocenters. The molecule has 1 heterocycles. The summed E-state index contributed by atoms with van der Waals surface area (Å²) in [6, 6.07) is 8.67. The van der Waals surface area contributed by atoms with Crippen molar-refractivity contribution < 1.29 is 0 Å². The van der Waals surface area contributed by atoms with Gasteiger partial charge in [-0.1, -0.05) is 18.2 Å². The van der Waals surface area contributed by atoms with E-state index < -0.39 is 0 Å². The molecule has 0 aliphatic heterocycles. The fourth-order valence-electron chi connectivity index (χ4n) is 1.94. The predicted octanol–water partition coefficient (Wildman–Crippen LogP) is 2.07. The fourth-order valence-corrected chi connectivity index (χ4v) is 1.94. The highest BCUT2D eigenvalue weighted by molar-refractivity contribution is 5.83. The number of benzene rings is 1. The SMILES string of the molecule is C[C@@H](N)Cc1cn(C)c2ccccc12. The van der Waals surface area contributed by atoms with Crippen molar-refractivity contribution in [1.29, 1.82) is 0 Å². The zero-order chi connectivity index (χ0) is 10.1. The Labute approximate surface area is 84.3 Å². The minimum Gasteiger partial charge on any atom is -0.350 e. The van der Waals surface area contributed by atoms with Gasteiger partial charge in [-0.3, -0.25) is 0 Å². The van der Waals surface area contributed by atoms with Crippen LogP contribution in [-0.2, 0) is 13.5 Å². The number of nitrogens with zero attached hydrogens (tertiary/aromatic N) is 1. The largest absolute Gasteiger partial charge is 0.350 e. The minimum atomic E-state index is 0.223. The zero-order valence-corrected chi connectivity index (χ0v) is 8.70. The first kappa shape index (κ1) is 9.28. The number of hydrogen-bond donors (Lipinski definition) is 1. The van der Waals surface area contributed by atoms with E-state index in [-0.39, 0.29) is 6.04 Å². The molecule has 0 aliphatic rings. The number of nitrogens with two attached hydrogens (primary N) is 1. The van der Waals surface area contributed by atoms with Crippen molar-refractivity contribution in [3.05, 3.63) is 36.0 Å². The van der Waals surface area contributed by atoms with Gasteiger partial charge in [-0.25, -0.2) is 0 Å². The normalized spacial score (nSPS) is 13.4. The van der Waals surface area contributed by atoms with E-state index in [1.54, 1.807) is 0 Å². The molecule has 2 heteroatoms. The Bertz CT molecular complexity index is 441. The Balaban J connectivity index is 2.55. The molecule has 0 saturated carbocycles. The summed E-state index contributed by atoms with van der Waals surface area (Å²) in [6.07, 6.45) is 3.12. The van der Waals surface area contributed by atoms with Crippen LogP contribution in [0.25, 0.3) is 10.9 Å². The highest BCUT2D eigenvalue weighted by Crippen LogP contribution is 2.20. The lowest BCUT2D eigenvalue weighted by atomic mass is 10.1. The summed E-state index contributed by atoms with van der Waals surface area (Å²) >= 11 is 0. The standard InChI is InChI=1S/C12H16N2/c1-9(13)7-10-8-14(2)12-6-4-3-5-11(10)12/h3-6,8-9H,7,13H2,1-2H3/t9-/m1/s1. The highest BCUT2D eigenvalue weighted by atomic mass is 14.9. The van der Waals surface area contributed by atoms with Crippen LogP contribution < -0.4 is 5.73 Å². The average molecular weight is 188 g/mol. The van der Waals surface area contributed by atoms with Crippen molar-refractivity contribution in [3.8, 4) is 0 Å². The molecule has 0 unspecified atom stereocenters. The second-order valence-electron chi connectivity index (χ2n) is 3.96. The number of aryl methyl sites for hydroxylation is 1. The summed E-state index contributed by atoms with van der Waals surface area (Å²) in [4.78, 5) is 0. The van der Waals surface area contributed by atoms with Crippen molar-refractivity contribution in [2.24, 2.45) is 12.8 Å². The van der Waals surface area contributed by atoms with Crippen LogP contribution in [0, 0.1) is 0 Å². The Morgan fingerprint density at radius 2 is 2.07 bits per heavy atom. The molecule has 0 amide bonds. The summed E-state index contributed by atoms with van der Waals surface area (Å²) in [6.45, 7) is 2.04. The van der Waals surface area contributed by atoms with Gasteiger partial charge in [-0.2, -0.15) is 0 Å². The van der Waals surface area contributed by atoms with Crippen molar-refractivity contribution in [2.45, 2.75) is 19.4 Å². The van der Waals surface area contributed by atoms with E-state index in [1.807, 2.05) is 6.92 Å². The van der Waals surface area contributed by atoms with E-state index >= 15 is 0 Å². The van der Waals surface area contributed by atoms with Crippen LogP contribution in [0.5, 0.6) is 0 Å². The van der Waals surface area contributed by atoms with Crippen LogP contribution in [0.1, 0.15) is 12.5 Å². The summed E-state index contributed by atoms with van der Waals surface area (Å²) in [5.41, 5.74) is 8.44. The first-order valence-electron chi connectivity index (χ1n) is 4.97. The van der Waals surface area contributed by atoms with Crippen LogP contribution in [-0.4, -0.2) is 10.6 Å². The van der Waals surface area contributed by atoms with Crippen molar-refractivity contribution in [2.75, 3.05) is 0 Å². The summed E-state index contributed by atoms with van der Waals surface area (Å²) in [7, 11) is 2.08. The molecule has 0 radical (unpaired) electrons. The van der Waals surface area contributed by atoms with E-state index in [1.165, 1.54) is 16.5 Å². The van der Waals surface area contributed by atoms with Crippen LogP contribution in [0.15, 0.2) is 30.5 Å². The third-order valence-electron chi connectivity index (χ3n) is 2.52. The average Bonchev–Trinajstić information content (AvgIpc) is 2.44. The molecule has 1 aromatic carbocycles. The molecule has 2 N–H and O–H groups in total. The van der Waals surface area contributed by atoms with E-state index in [9.17, 15) is 0 Å². The first-order valence-corrected chi connectivity index (χ1v) is 4.97. The zero-order valence-electron chi connectivity index (χ0n) is 8.70. The molecule has 1 aromatic heterocycles. The van der Waals surface area contributed by atoms with Gasteiger partial charge in [-0.05, 0) is 25.0 Å². The molecule has 74 valence electrons. The molecular formula is C12H16N2. The molecule has 0 aliphatic carbocycles. The van der Waals surface area contributed by atoms with Crippen LogP contribution >= 0.6 is 0 Å². The number of hydrogen-bond acceptors (Lipinski definition) is 1. The van der Waals surface area contributed by atoms with Gasteiger partial charge in [0.05, 0.1) is 0 Å². The first-order chi connectivity index (χ1) is 6.68. The maximum atomic E-state index is 5.82. The lowest BCUT2D eigenvalue weighted by Crippen LogP contribution is -2.17. The highest BCUT2D eigenvalue weighted by Gasteiger charge is 2.06. The van der Waals surface area contributed by atoms with Gasteiger partial charge in [0, 0.05) is 30.2 Å². The predicted molar refractivity (Wildman–Crippen MR) is 60.3 cm³/mol. The second kappa shape index (κ2) is 3.46. The van der Waals surface area contributed by atoms with Crippen LogP contribution in [0.2, 0.25) is 0 Å². The van der Waals surface area contributed by atoms with Gasteiger partial charge in [0.1, 0.15) is 0 Å². The van der Waals surface area contributed by atoms with Crippen molar-refractivity contribution in [1.82, 2.24) is 4.57 Å². The third-order valence-corrected chi connectivity index (χ3v) is 2.52. The molecular weight excluding hydrogens is 172 g/mol. The second-order valence-corrected chi connectivity index (χ2v) is 3.96. The summed E-state index contributed by atoms with van der Waals surface area (Å²) < 4.78 is 2.16. The lowest BCUT2D eigenvalue weighted by molar-refractivity contribution is 0.738.